The molecule has 4 heteroatoms. The Morgan fingerprint density at radius 2 is 1.74 bits per heavy atom. The molecule has 0 radical (unpaired) electrons. The molecule has 2 aromatic carbocycles. The smallest absolute Gasteiger partial charge is 0.255 e. The summed E-state index contributed by atoms with van der Waals surface area (Å²) in [6, 6.07) is 11.6. The number of hydrogen-bond acceptors (Lipinski definition) is 2. The molecule has 0 saturated carbocycles. The van der Waals surface area contributed by atoms with Gasteiger partial charge in [-0.2, -0.15) is 0 Å². The van der Waals surface area contributed by atoms with E-state index in [0.29, 0.717) is 12.0 Å². The van der Waals surface area contributed by atoms with Crippen LogP contribution in [0.15, 0.2) is 36.4 Å². The van der Waals surface area contributed by atoms with E-state index in [1.807, 2.05) is 48.2 Å². The monoisotopic (exact) mass is 306 g/mol. The van der Waals surface area contributed by atoms with Gasteiger partial charge in [0, 0.05) is 24.2 Å². The molecule has 23 heavy (non-hydrogen) atoms. The van der Waals surface area contributed by atoms with Crippen LogP contribution in [-0.2, 0) is 17.6 Å². The lowest BCUT2D eigenvalue weighted by molar-refractivity contribution is -0.118. The first kappa shape index (κ1) is 14.0. The van der Waals surface area contributed by atoms with Crippen molar-refractivity contribution < 1.29 is 9.59 Å². The molecule has 0 aromatic heterocycles. The summed E-state index contributed by atoms with van der Waals surface area (Å²) in [5, 5.41) is 2.99. The molecular formula is C19H18N2O2. The standard InChI is InChI=1S/C19H18N2O2/c1-12-2-4-13(5-3-12)19(23)20-16-10-14-6-7-17(22)21-9-8-15(11-16)18(14)21/h2-5,10-11H,6-9H2,1H3,(H,20,23). The van der Waals surface area contributed by atoms with Crippen LogP contribution in [0.25, 0.3) is 0 Å². The number of aryl methyl sites for hydroxylation is 2. The highest BCUT2D eigenvalue weighted by Gasteiger charge is 2.31. The van der Waals surface area contributed by atoms with Crippen molar-refractivity contribution in [2.75, 3.05) is 16.8 Å². The van der Waals surface area contributed by atoms with Gasteiger partial charge in [0.25, 0.3) is 5.91 Å². The van der Waals surface area contributed by atoms with Gasteiger partial charge in [-0.05, 0) is 55.2 Å². The lowest BCUT2D eigenvalue weighted by Gasteiger charge is -2.25. The van der Waals surface area contributed by atoms with Crippen molar-refractivity contribution in [3.05, 3.63) is 58.7 Å². The van der Waals surface area contributed by atoms with Gasteiger partial charge in [-0.25, -0.2) is 0 Å². The summed E-state index contributed by atoms with van der Waals surface area (Å²) in [4.78, 5) is 26.2. The van der Waals surface area contributed by atoms with Crippen molar-refractivity contribution in [3.8, 4) is 0 Å². The summed E-state index contributed by atoms with van der Waals surface area (Å²) in [5.74, 6) is 0.117. The highest BCUT2D eigenvalue weighted by molar-refractivity contribution is 6.05. The zero-order valence-corrected chi connectivity index (χ0v) is 13.1. The Labute approximate surface area is 135 Å². The van der Waals surface area contributed by atoms with Crippen LogP contribution in [0, 0.1) is 6.92 Å². The zero-order chi connectivity index (χ0) is 16.0. The van der Waals surface area contributed by atoms with E-state index in [1.54, 1.807) is 0 Å². The molecular weight excluding hydrogens is 288 g/mol. The fraction of sp³-hybridized carbons (Fsp3) is 0.263. The van der Waals surface area contributed by atoms with Crippen LogP contribution in [-0.4, -0.2) is 18.4 Å². The van der Waals surface area contributed by atoms with Crippen molar-refractivity contribution in [2.24, 2.45) is 0 Å². The van der Waals surface area contributed by atoms with Crippen molar-refractivity contribution in [3.63, 3.8) is 0 Å². The number of nitrogens with one attached hydrogen (secondary N) is 1. The zero-order valence-electron chi connectivity index (χ0n) is 13.1. The SMILES string of the molecule is Cc1ccc(C(=O)Nc2cc3c4c(c2)CCN4C(=O)CC3)cc1. The van der Waals surface area contributed by atoms with E-state index in [2.05, 4.69) is 5.32 Å². The fourth-order valence-corrected chi connectivity index (χ4v) is 3.44. The highest BCUT2D eigenvalue weighted by atomic mass is 16.2. The minimum atomic E-state index is -0.0983. The fourth-order valence-electron chi connectivity index (χ4n) is 3.44. The van der Waals surface area contributed by atoms with Gasteiger partial charge in [-0.1, -0.05) is 17.7 Å². The third-order valence-corrected chi connectivity index (χ3v) is 4.62. The molecule has 2 aliphatic heterocycles. The number of carbonyl (C=O) groups excluding carboxylic acids is 2. The Morgan fingerprint density at radius 1 is 1.04 bits per heavy atom. The molecule has 1 N–H and O–H groups in total. The van der Waals surface area contributed by atoms with Crippen LogP contribution in [0.2, 0.25) is 0 Å². The van der Waals surface area contributed by atoms with Gasteiger partial charge in [0.1, 0.15) is 0 Å². The van der Waals surface area contributed by atoms with E-state index in [0.717, 1.165) is 41.9 Å². The molecule has 2 aliphatic rings. The molecule has 116 valence electrons. The normalized spacial score (nSPS) is 15.5. The summed E-state index contributed by atoms with van der Waals surface area (Å²) in [5.41, 5.74) is 6.01. The molecule has 0 saturated heterocycles. The van der Waals surface area contributed by atoms with E-state index in [1.165, 1.54) is 5.56 Å². The highest BCUT2D eigenvalue weighted by Crippen LogP contribution is 2.38. The summed E-state index contributed by atoms with van der Waals surface area (Å²) in [6.45, 7) is 2.76. The Balaban J connectivity index is 1.63. The average molecular weight is 306 g/mol. The first-order valence-electron chi connectivity index (χ1n) is 7.96. The van der Waals surface area contributed by atoms with Gasteiger partial charge < -0.3 is 10.2 Å². The molecule has 0 bridgehead atoms. The summed E-state index contributed by atoms with van der Waals surface area (Å²) in [6.07, 6.45) is 2.18. The van der Waals surface area contributed by atoms with Gasteiger partial charge in [0.15, 0.2) is 0 Å². The van der Waals surface area contributed by atoms with Crippen LogP contribution in [0.1, 0.15) is 33.5 Å². The van der Waals surface area contributed by atoms with Gasteiger partial charge in [-0.3, -0.25) is 9.59 Å². The Bertz CT molecular complexity index is 809. The van der Waals surface area contributed by atoms with Crippen molar-refractivity contribution in [1.29, 1.82) is 0 Å². The Hall–Kier alpha value is -2.62. The molecule has 0 spiro atoms. The topological polar surface area (TPSA) is 49.4 Å². The maximum Gasteiger partial charge on any atom is 0.255 e. The van der Waals surface area contributed by atoms with Gasteiger partial charge in [-0.15, -0.1) is 0 Å². The van der Waals surface area contributed by atoms with Crippen molar-refractivity contribution >= 4 is 23.2 Å². The van der Waals surface area contributed by atoms with Crippen LogP contribution in [0.3, 0.4) is 0 Å². The number of amides is 2. The van der Waals surface area contributed by atoms with E-state index in [9.17, 15) is 9.59 Å². The third-order valence-electron chi connectivity index (χ3n) is 4.62. The van der Waals surface area contributed by atoms with E-state index >= 15 is 0 Å². The van der Waals surface area contributed by atoms with E-state index in [-0.39, 0.29) is 11.8 Å². The maximum atomic E-state index is 12.4. The summed E-state index contributed by atoms with van der Waals surface area (Å²) < 4.78 is 0. The Morgan fingerprint density at radius 3 is 2.48 bits per heavy atom. The number of nitrogens with zero attached hydrogens (tertiary/aromatic N) is 1. The predicted molar refractivity (Wildman–Crippen MR) is 90.0 cm³/mol. The van der Waals surface area contributed by atoms with Crippen LogP contribution >= 0.6 is 0 Å². The summed E-state index contributed by atoms with van der Waals surface area (Å²) in [7, 11) is 0. The molecule has 4 rings (SSSR count). The second-order valence-electron chi connectivity index (χ2n) is 6.26. The molecule has 2 amide bonds. The second-order valence-corrected chi connectivity index (χ2v) is 6.26. The number of hydrogen-bond donors (Lipinski definition) is 1. The number of carbonyl (C=O) groups is 2. The first-order chi connectivity index (χ1) is 11.1. The second kappa shape index (κ2) is 5.23. The largest absolute Gasteiger partial charge is 0.322 e. The van der Waals surface area contributed by atoms with Gasteiger partial charge in [0.05, 0.1) is 5.69 Å². The van der Waals surface area contributed by atoms with Gasteiger partial charge in [0.2, 0.25) is 5.91 Å². The molecule has 0 fully saturated rings. The van der Waals surface area contributed by atoms with Crippen molar-refractivity contribution in [1.82, 2.24) is 0 Å². The molecule has 0 unspecified atom stereocenters. The lowest BCUT2D eigenvalue weighted by atomic mass is 9.98. The first-order valence-corrected chi connectivity index (χ1v) is 7.96. The lowest BCUT2D eigenvalue weighted by Crippen LogP contribution is -2.32. The van der Waals surface area contributed by atoms with Crippen LogP contribution < -0.4 is 10.2 Å². The number of anilines is 2. The van der Waals surface area contributed by atoms with Crippen LogP contribution in [0.5, 0.6) is 0 Å². The average Bonchev–Trinajstić information content (AvgIpc) is 2.97. The third kappa shape index (κ3) is 2.40. The summed E-state index contributed by atoms with van der Waals surface area (Å²) >= 11 is 0. The van der Waals surface area contributed by atoms with E-state index < -0.39 is 0 Å². The molecule has 2 aromatic rings. The molecule has 0 atom stereocenters. The molecule has 4 nitrogen and oxygen atoms in total. The van der Waals surface area contributed by atoms with Crippen LogP contribution in [0.4, 0.5) is 11.4 Å². The maximum absolute atomic E-state index is 12.4. The molecule has 2 heterocycles. The predicted octanol–water partition coefficient (Wildman–Crippen LogP) is 3.08. The van der Waals surface area contributed by atoms with E-state index in [4.69, 9.17) is 0 Å². The van der Waals surface area contributed by atoms with Crippen molar-refractivity contribution in [2.45, 2.75) is 26.2 Å². The van der Waals surface area contributed by atoms with Gasteiger partial charge >= 0.3 is 0 Å². The quantitative estimate of drug-likeness (QED) is 0.927. The minimum absolute atomic E-state index is 0.0983. The Kier molecular flexibility index (Phi) is 3.18. The number of rotatable bonds is 2. The number of benzene rings is 2. The molecule has 0 aliphatic carbocycles. The minimum Gasteiger partial charge on any atom is -0.322 e.